The van der Waals surface area contributed by atoms with Gasteiger partial charge in [0.05, 0.1) is 6.54 Å². The van der Waals surface area contributed by atoms with Gasteiger partial charge in [0, 0.05) is 12.3 Å². The third-order valence-electron chi connectivity index (χ3n) is 2.55. The van der Waals surface area contributed by atoms with Crippen LogP contribution in [0, 0.1) is 0 Å². The topological polar surface area (TPSA) is 34.9 Å². The van der Waals surface area contributed by atoms with Crippen molar-refractivity contribution in [2.24, 2.45) is 0 Å². The van der Waals surface area contributed by atoms with E-state index in [1.54, 1.807) is 12.3 Å². The molecule has 0 atom stereocenters. The van der Waals surface area contributed by atoms with Crippen LogP contribution in [0.5, 0.6) is 0 Å². The maximum absolute atomic E-state index is 11.4. The molecule has 0 aliphatic rings. The third kappa shape index (κ3) is 2.37. The van der Waals surface area contributed by atoms with Gasteiger partial charge < -0.3 is 0 Å². The Labute approximate surface area is 94.4 Å². The average Bonchev–Trinajstić information content (AvgIpc) is 2.33. The van der Waals surface area contributed by atoms with Crippen LogP contribution in [0.4, 0.5) is 0 Å². The van der Waals surface area contributed by atoms with Crippen molar-refractivity contribution >= 4 is 0 Å². The second-order valence-electron chi connectivity index (χ2n) is 3.69. The molecule has 1 heterocycles. The lowest BCUT2D eigenvalue weighted by molar-refractivity contribution is 0.638. The predicted octanol–water partition coefficient (Wildman–Crippen LogP) is 1.85. The van der Waals surface area contributed by atoms with Crippen LogP contribution >= 0.6 is 0 Å². The molecule has 0 N–H and O–H groups in total. The van der Waals surface area contributed by atoms with E-state index in [0.29, 0.717) is 6.54 Å². The molecule has 2 rings (SSSR count). The van der Waals surface area contributed by atoms with Gasteiger partial charge in [0.25, 0.3) is 5.56 Å². The van der Waals surface area contributed by atoms with Crippen LogP contribution in [0.15, 0.2) is 47.4 Å². The van der Waals surface area contributed by atoms with Gasteiger partial charge in [-0.15, -0.1) is 0 Å². The van der Waals surface area contributed by atoms with Crippen LogP contribution in [-0.4, -0.2) is 9.78 Å². The summed E-state index contributed by atoms with van der Waals surface area (Å²) >= 11 is 0. The normalized spacial score (nSPS) is 10.3. The molecule has 82 valence electrons. The molecule has 0 spiro atoms. The largest absolute Gasteiger partial charge is 0.268 e. The molecule has 0 radical (unpaired) electrons. The molecule has 3 nitrogen and oxygen atoms in total. The van der Waals surface area contributed by atoms with Gasteiger partial charge in [-0.05, 0) is 23.6 Å². The first-order valence-corrected chi connectivity index (χ1v) is 5.39. The first kappa shape index (κ1) is 10.6. The predicted molar refractivity (Wildman–Crippen MR) is 63.4 cm³/mol. The maximum Gasteiger partial charge on any atom is 0.267 e. The van der Waals surface area contributed by atoms with Crippen LogP contribution in [0.25, 0.3) is 0 Å². The summed E-state index contributed by atoms with van der Waals surface area (Å²) in [5, 5.41) is 4.02. The Morgan fingerprint density at radius 2 is 1.81 bits per heavy atom. The molecule has 0 unspecified atom stereocenters. The minimum Gasteiger partial charge on any atom is -0.268 e. The fourth-order valence-corrected chi connectivity index (χ4v) is 1.56. The molecule has 0 amide bonds. The van der Waals surface area contributed by atoms with Crippen LogP contribution < -0.4 is 5.56 Å². The molecule has 0 saturated heterocycles. The minimum absolute atomic E-state index is 0.0675. The lowest BCUT2D eigenvalue weighted by Crippen LogP contribution is -2.21. The second-order valence-corrected chi connectivity index (χ2v) is 3.69. The summed E-state index contributed by atoms with van der Waals surface area (Å²) in [6.07, 6.45) is 2.66. The molecule has 0 saturated carbocycles. The van der Waals surface area contributed by atoms with Gasteiger partial charge in [0.15, 0.2) is 0 Å². The van der Waals surface area contributed by atoms with Crippen molar-refractivity contribution in [1.29, 1.82) is 0 Å². The van der Waals surface area contributed by atoms with Crippen molar-refractivity contribution < 1.29 is 0 Å². The number of nitrogens with zero attached hydrogens (tertiary/aromatic N) is 2. The van der Waals surface area contributed by atoms with Crippen molar-refractivity contribution in [1.82, 2.24) is 9.78 Å². The monoisotopic (exact) mass is 214 g/mol. The summed E-state index contributed by atoms with van der Waals surface area (Å²) in [7, 11) is 0. The molecule has 0 fully saturated rings. The van der Waals surface area contributed by atoms with E-state index in [0.717, 1.165) is 12.0 Å². The van der Waals surface area contributed by atoms with E-state index >= 15 is 0 Å². The Morgan fingerprint density at radius 1 is 1.12 bits per heavy atom. The fraction of sp³-hybridized carbons (Fsp3) is 0.231. The van der Waals surface area contributed by atoms with Crippen LogP contribution in [0.3, 0.4) is 0 Å². The summed E-state index contributed by atoms with van der Waals surface area (Å²) in [5.41, 5.74) is 2.33. The SMILES string of the molecule is CCc1ccc(Cn2ncccc2=O)cc1. The number of benzene rings is 1. The Morgan fingerprint density at radius 3 is 2.44 bits per heavy atom. The van der Waals surface area contributed by atoms with E-state index in [1.807, 2.05) is 12.1 Å². The average molecular weight is 214 g/mol. The zero-order valence-corrected chi connectivity index (χ0v) is 9.26. The second kappa shape index (κ2) is 4.75. The molecular weight excluding hydrogens is 200 g/mol. The van der Waals surface area contributed by atoms with Crippen molar-refractivity contribution in [2.45, 2.75) is 19.9 Å². The highest BCUT2D eigenvalue weighted by Gasteiger charge is 1.98. The Hall–Kier alpha value is -1.90. The van der Waals surface area contributed by atoms with E-state index in [-0.39, 0.29) is 5.56 Å². The maximum atomic E-state index is 11.4. The summed E-state index contributed by atoms with van der Waals surface area (Å²) in [5.74, 6) is 0. The van der Waals surface area contributed by atoms with E-state index in [9.17, 15) is 4.79 Å². The van der Waals surface area contributed by atoms with E-state index < -0.39 is 0 Å². The van der Waals surface area contributed by atoms with Crippen LogP contribution in [-0.2, 0) is 13.0 Å². The minimum atomic E-state index is -0.0675. The number of rotatable bonds is 3. The number of hydrogen-bond acceptors (Lipinski definition) is 2. The summed E-state index contributed by atoms with van der Waals surface area (Å²) in [6, 6.07) is 11.4. The van der Waals surface area contributed by atoms with E-state index in [2.05, 4.69) is 24.2 Å². The zero-order chi connectivity index (χ0) is 11.4. The van der Waals surface area contributed by atoms with E-state index in [1.165, 1.54) is 16.3 Å². The fourth-order valence-electron chi connectivity index (χ4n) is 1.56. The summed E-state index contributed by atoms with van der Waals surface area (Å²) in [4.78, 5) is 11.4. The Kier molecular flexibility index (Phi) is 3.15. The molecule has 2 aromatic rings. The zero-order valence-electron chi connectivity index (χ0n) is 9.26. The van der Waals surface area contributed by atoms with Gasteiger partial charge in [-0.3, -0.25) is 4.79 Å². The first-order chi connectivity index (χ1) is 7.79. The lowest BCUT2D eigenvalue weighted by atomic mass is 10.1. The quantitative estimate of drug-likeness (QED) is 0.781. The molecule has 16 heavy (non-hydrogen) atoms. The van der Waals surface area contributed by atoms with Gasteiger partial charge in [-0.2, -0.15) is 5.10 Å². The Bertz CT molecular complexity index is 514. The van der Waals surface area contributed by atoms with Gasteiger partial charge >= 0.3 is 0 Å². The smallest absolute Gasteiger partial charge is 0.267 e. The van der Waals surface area contributed by atoms with E-state index in [4.69, 9.17) is 0 Å². The van der Waals surface area contributed by atoms with Crippen molar-refractivity contribution in [3.8, 4) is 0 Å². The number of aryl methyl sites for hydroxylation is 1. The molecule has 0 aliphatic heterocycles. The Balaban J connectivity index is 2.21. The van der Waals surface area contributed by atoms with Crippen LogP contribution in [0.2, 0.25) is 0 Å². The van der Waals surface area contributed by atoms with Gasteiger partial charge in [0.2, 0.25) is 0 Å². The van der Waals surface area contributed by atoms with Crippen molar-refractivity contribution in [2.75, 3.05) is 0 Å². The van der Waals surface area contributed by atoms with Gasteiger partial charge in [0.1, 0.15) is 0 Å². The summed E-state index contributed by atoms with van der Waals surface area (Å²) in [6.45, 7) is 2.65. The van der Waals surface area contributed by atoms with Gasteiger partial charge in [-0.1, -0.05) is 31.2 Å². The summed E-state index contributed by atoms with van der Waals surface area (Å²) < 4.78 is 1.46. The highest BCUT2D eigenvalue weighted by molar-refractivity contribution is 5.22. The third-order valence-corrected chi connectivity index (χ3v) is 2.55. The highest BCUT2D eigenvalue weighted by Crippen LogP contribution is 2.05. The van der Waals surface area contributed by atoms with Crippen LogP contribution in [0.1, 0.15) is 18.1 Å². The molecule has 0 aliphatic carbocycles. The standard InChI is InChI=1S/C13H14N2O/c1-2-11-5-7-12(8-6-11)10-15-13(16)4-3-9-14-15/h3-9H,2,10H2,1H3. The number of aromatic nitrogens is 2. The first-order valence-electron chi connectivity index (χ1n) is 5.39. The van der Waals surface area contributed by atoms with Crippen molar-refractivity contribution in [3.05, 3.63) is 64.1 Å². The molecule has 0 bridgehead atoms. The molecule has 3 heteroatoms. The molecular formula is C13H14N2O. The lowest BCUT2D eigenvalue weighted by Gasteiger charge is -2.04. The van der Waals surface area contributed by atoms with Gasteiger partial charge in [-0.25, -0.2) is 4.68 Å². The molecule has 1 aromatic heterocycles. The highest BCUT2D eigenvalue weighted by atomic mass is 16.1. The van der Waals surface area contributed by atoms with Crippen molar-refractivity contribution in [3.63, 3.8) is 0 Å². The molecule has 1 aromatic carbocycles. The number of hydrogen-bond donors (Lipinski definition) is 0.